The Bertz CT molecular complexity index is 712. The lowest BCUT2D eigenvalue weighted by atomic mass is 10.2. The van der Waals surface area contributed by atoms with Gasteiger partial charge in [0.15, 0.2) is 0 Å². The molecule has 0 unspecified atom stereocenters. The van der Waals surface area contributed by atoms with Gasteiger partial charge in [-0.15, -0.1) is 0 Å². The van der Waals surface area contributed by atoms with E-state index in [1.807, 2.05) is 24.3 Å². The smallest absolute Gasteiger partial charge is 0.259 e. The molecule has 6 heteroatoms. The first-order valence-corrected chi connectivity index (χ1v) is 8.66. The van der Waals surface area contributed by atoms with Crippen LogP contribution in [0.15, 0.2) is 53.6 Å². The SMILES string of the molecule is CCN(CC)c1ccc(/C=N/NC(=O)CNc2cccc(Cl)c2)cc1. The van der Waals surface area contributed by atoms with Gasteiger partial charge in [-0.1, -0.05) is 29.8 Å². The first-order chi connectivity index (χ1) is 12.1. The van der Waals surface area contributed by atoms with Gasteiger partial charge >= 0.3 is 0 Å². The molecule has 2 N–H and O–H groups in total. The summed E-state index contributed by atoms with van der Waals surface area (Å²) in [6.45, 7) is 6.33. The number of halogens is 1. The first-order valence-electron chi connectivity index (χ1n) is 8.28. The highest BCUT2D eigenvalue weighted by Gasteiger charge is 2.01. The Morgan fingerprint density at radius 1 is 1.16 bits per heavy atom. The summed E-state index contributed by atoms with van der Waals surface area (Å²) >= 11 is 5.89. The summed E-state index contributed by atoms with van der Waals surface area (Å²) in [5.74, 6) is -0.226. The quantitative estimate of drug-likeness (QED) is 0.558. The third kappa shape index (κ3) is 6.12. The summed E-state index contributed by atoms with van der Waals surface area (Å²) in [6.07, 6.45) is 1.63. The molecule has 0 saturated heterocycles. The molecular formula is C19H23ClN4O. The van der Waals surface area contributed by atoms with Crippen molar-refractivity contribution >= 4 is 35.1 Å². The Morgan fingerprint density at radius 3 is 2.52 bits per heavy atom. The minimum Gasteiger partial charge on any atom is -0.376 e. The number of carbonyl (C=O) groups is 1. The summed E-state index contributed by atoms with van der Waals surface area (Å²) in [5, 5.41) is 7.59. The number of hydrogen-bond acceptors (Lipinski definition) is 4. The number of nitrogens with one attached hydrogen (secondary N) is 2. The van der Waals surface area contributed by atoms with Crippen molar-refractivity contribution in [1.29, 1.82) is 0 Å². The van der Waals surface area contributed by atoms with E-state index >= 15 is 0 Å². The summed E-state index contributed by atoms with van der Waals surface area (Å²) in [6, 6.07) is 15.3. The van der Waals surface area contributed by atoms with Gasteiger partial charge in [0, 0.05) is 29.5 Å². The molecule has 0 bridgehead atoms. The second-order valence-electron chi connectivity index (χ2n) is 5.42. The number of hydrazone groups is 1. The third-order valence-electron chi connectivity index (χ3n) is 3.70. The maximum absolute atomic E-state index is 11.8. The lowest BCUT2D eigenvalue weighted by Gasteiger charge is -2.20. The second-order valence-corrected chi connectivity index (χ2v) is 5.86. The number of carbonyl (C=O) groups excluding carboxylic acids is 1. The van der Waals surface area contributed by atoms with Gasteiger partial charge in [-0.2, -0.15) is 5.10 Å². The lowest BCUT2D eigenvalue weighted by Crippen LogP contribution is -2.25. The van der Waals surface area contributed by atoms with Crippen LogP contribution in [0.1, 0.15) is 19.4 Å². The van der Waals surface area contributed by atoms with Crippen molar-refractivity contribution in [2.75, 3.05) is 29.9 Å². The Hall–Kier alpha value is -2.53. The van der Waals surface area contributed by atoms with Crippen LogP contribution in [0.25, 0.3) is 0 Å². The topological polar surface area (TPSA) is 56.7 Å². The van der Waals surface area contributed by atoms with Crippen molar-refractivity contribution in [2.45, 2.75) is 13.8 Å². The highest BCUT2D eigenvalue weighted by atomic mass is 35.5. The predicted molar refractivity (Wildman–Crippen MR) is 106 cm³/mol. The monoisotopic (exact) mass is 358 g/mol. The van der Waals surface area contributed by atoms with Crippen LogP contribution in [-0.4, -0.2) is 31.8 Å². The lowest BCUT2D eigenvalue weighted by molar-refractivity contribution is -0.119. The Balaban J connectivity index is 1.80. The molecule has 0 fully saturated rings. The fourth-order valence-corrected chi connectivity index (χ4v) is 2.55. The molecule has 0 aliphatic rings. The minimum absolute atomic E-state index is 0.124. The molecule has 0 radical (unpaired) electrons. The van der Waals surface area contributed by atoms with Crippen molar-refractivity contribution in [3.63, 3.8) is 0 Å². The predicted octanol–water partition coefficient (Wildman–Crippen LogP) is 3.75. The molecule has 0 atom stereocenters. The zero-order valence-corrected chi connectivity index (χ0v) is 15.3. The maximum atomic E-state index is 11.8. The van der Waals surface area contributed by atoms with E-state index < -0.39 is 0 Å². The van der Waals surface area contributed by atoms with Gasteiger partial charge in [0.25, 0.3) is 5.91 Å². The van der Waals surface area contributed by atoms with Gasteiger partial charge in [0.2, 0.25) is 0 Å². The van der Waals surface area contributed by atoms with E-state index in [2.05, 4.69) is 46.7 Å². The van der Waals surface area contributed by atoms with E-state index in [0.29, 0.717) is 5.02 Å². The molecule has 25 heavy (non-hydrogen) atoms. The van der Waals surface area contributed by atoms with Gasteiger partial charge in [-0.05, 0) is 49.7 Å². The molecule has 2 aromatic carbocycles. The molecule has 0 saturated carbocycles. The standard InChI is InChI=1S/C19H23ClN4O/c1-3-24(4-2)18-10-8-15(9-11-18)13-22-23-19(25)14-21-17-7-5-6-16(20)12-17/h5-13,21H,3-4,14H2,1-2H3,(H,23,25)/b22-13+. The Kier molecular flexibility index (Phi) is 7.29. The Morgan fingerprint density at radius 2 is 1.88 bits per heavy atom. The molecular weight excluding hydrogens is 336 g/mol. The highest BCUT2D eigenvalue weighted by molar-refractivity contribution is 6.30. The molecule has 0 aliphatic carbocycles. The maximum Gasteiger partial charge on any atom is 0.259 e. The van der Waals surface area contributed by atoms with Crippen LogP contribution >= 0.6 is 11.6 Å². The molecule has 0 heterocycles. The van der Waals surface area contributed by atoms with Crippen LogP contribution in [-0.2, 0) is 4.79 Å². The molecule has 2 rings (SSSR count). The van der Waals surface area contributed by atoms with E-state index in [9.17, 15) is 4.79 Å². The van der Waals surface area contributed by atoms with Gasteiger partial charge in [-0.25, -0.2) is 5.43 Å². The van der Waals surface area contributed by atoms with Crippen LogP contribution in [0.3, 0.4) is 0 Å². The molecule has 5 nitrogen and oxygen atoms in total. The molecule has 2 aromatic rings. The minimum atomic E-state index is -0.226. The van der Waals surface area contributed by atoms with Gasteiger partial charge in [0.05, 0.1) is 12.8 Å². The molecule has 0 aromatic heterocycles. The van der Waals surface area contributed by atoms with E-state index in [1.165, 1.54) is 5.69 Å². The third-order valence-corrected chi connectivity index (χ3v) is 3.94. The number of hydrogen-bond donors (Lipinski definition) is 2. The Labute approximate surface area is 153 Å². The average molecular weight is 359 g/mol. The number of rotatable bonds is 8. The van der Waals surface area contributed by atoms with E-state index in [-0.39, 0.29) is 12.5 Å². The highest BCUT2D eigenvalue weighted by Crippen LogP contribution is 2.15. The fraction of sp³-hybridized carbons (Fsp3) is 0.263. The number of amides is 1. The number of benzene rings is 2. The van der Waals surface area contributed by atoms with Crippen LogP contribution in [0.2, 0.25) is 5.02 Å². The van der Waals surface area contributed by atoms with E-state index in [4.69, 9.17) is 11.6 Å². The van der Waals surface area contributed by atoms with E-state index in [1.54, 1.807) is 18.3 Å². The molecule has 0 spiro atoms. The van der Waals surface area contributed by atoms with Crippen molar-refractivity contribution in [1.82, 2.24) is 5.43 Å². The largest absolute Gasteiger partial charge is 0.376 e. The van der Waals surface area contributed by atoms with Crippen molar-refractivity contribution < 1.29 is 4.79 Å². The second kappa shape index (κ2) is 9.69. The summed E-state index contributed by atoms with van der Waals surface area (Å²) < 4.78 is 0. The molecule has 1 amide bonds. The number of nitrogens with zero attached hydrogens (tertiary/aromatic N) is 2. The van der Waals surface area contributed by atoms with Crippen LogP contribution in [0, 0.1) is 0 Å². The normalized spacial score (nSPS) is 10.7. The van der Waals surface area contributed by atoms with Gasteiger partial charge in [-0.3, -0.25) is 4.79 Å². The van der Waals surface area contributed by atoms with Gasteiger partial charge in [0.1, 0.15) is 0 Å². The van der Waals surface area contributed by atoms with Crippen molar-refractivity contribution in [3.8, 4) is 0 Å². The zero-order chi connectivity index (χ0) is 18.1. The summed E-state index contributed by atoms with van der Waals surface area (Å²) in [4.78, 5) is 14.1. The first kappa shape index (κ1) is 18.8. The average Bonchev–Trinajstić information content (AvgIpc) is 2.62. The fourth-order valence-electron chi connectivity index (χ4n) is 2.36. The van der Waals surface area contributed by atoms with Crippen molar-refractivity contribution in [2.24, 2.45) is 5.10 Å². The van der Waals surface area contributed by atoms with Gasteiger partial charge < -0.3 is 10.2 Å². The molecule has 132 valence electrons. The summed E-state index contributed by atoms with van der Waals surface area (Å²) in [7, 11) is 0. The summed E-state index contributed by atoms with van der Waals surface area (Å²) in [5.41, 5.74) is 5.40. The van der Waals surface area contributed by atoms with Crippen LogP contribution in [0.5, 0.6) is 0 Å². The van der Waals surface area contributed by atoms with Crippen LogP contribution in [0.4, 0.5) is 11.4 Å². The zero-order valence-electron chi connectivity index (χ0n) is 14.5. The molecule has 0 aliphatic heterocycles. The van der Waals surface area contributed by atoms with Crippen LogP contribution < -0.4 is 15.6 Å². The van der Waals surface area contributed by atoms with Crippen molar-refractivity contribution in [3.05, 3.63) is 59.1 Å². The van der Waals surface area contributed by atoms with E-state index in [0.717, 1.165) is 24.3 Å². The number of anilines is 2.